The van der Waals surface area contributed by atoms with Crippen LogP contribution in [0.5, 0.6) is 0 Å². The van der Waals surface area contributed by atoms with Gasteiger partial charge in [0.1, 0.15) is 16.3 Å². The summed E-state index contributed by atoms with van der Waals surface area (Å²) in [7, 11) is 0. The Labute approximate surface area is 107 Å². The van der Waals surface area contributed by atoms with Crippen LogP contribution in [0.25, 0.3) is 11.2 Å². The molecule has 0 aliphatic carbocycles. The topological polar surface area (TPSA) is 43.6 Å². The molecular weight excluding hydrogens is 256 g/mol. The quantitative estimate of drug-likeness (QED) is 0.683. The van der Waals surface area contributed by atoms with Crippen molar-refractivity contribution >= 4 is 34.1 Å². The van der Waals surface area contributed by atoms with E-state index in [0.717, 1.165) is 22.0 Å². The average Bonchev–Trinajstić information content (AvgIpc) is 2.98. The van der Waals surface area contributed by atoms with Crippen molar-refractivity contribution in [3.63, 3.8) is 0 Å². The molecule has 0 aliphatic rings. The van der Waals surface area contributed by atoms with Crippen molar-refractivity contribution in [3.05, 3.63) is 40.7 Å². The smallest absolute Gasteiger partial charge is 0.160 e. The number of halogens is 1. The SMILES string of the molecule is ClCc1nc2cccnc2n1Cc1nccs1. The van der Waals surface area contributed by atoms with E-state index >= 15 is 0 Å². The molecule has 0 N–H and O–H groups in total. The molecule has 3 heterocycles. The first kappa shape index (κ1) is 10.7. The van der Waals surface area contributed by atoms with Gasteiger partial charge in [-0.3, -0.25) is 0 Å². The summed E-state index contributed by atoms with van der Waals surface area (Å²) in [6.45, 7) is 0.674. The molecule has 0 unspecified atom stereocenters. The van der Waals surface area contributed by atoms with Crippen molar-refractivity contribution in [1.29, 1.82) is 0 Å². The molecule has 0 saturated heterocycles. The van der Waals surface area contributed by atoms with Gasteiger partial charge in [0.2, 0.25) is 0 Å². The highest BCUT2D eigenvalue weighted by molar-refractivity contribution is 7.09. The van der Waals surface area contributed by atoms with Gasteiger partial charge >= 0.3 is 0 Å². The van der Waals surface area contributed by atoms with Gasteiger partial charge in [0.25, 0.3) is 0 Å². The van der Waals surface area contributed by atoms with Gasteiger partial charge in [-0.25, -0.2) is 15.0 Å². The summed E-state index contributed by atoms with van der Waals surface area (Å²) in [6.07, 6.45) is 3.56. The van der Waals surface area contributed by atoms with Crippen molar-refractivity contribution in [2.24, 2.45) is 0 Å². The molecule has 0 amide bonds. The fourth-order valence-electron chi connectivity index (χ4n) is 1.74. The number of nitrogens with zero attached hydrogens (tertiary/aromatic N) is 4. The van der Waals surface area contributed by atoms with Crippen LogP contribution in [0.4, 0.5) is 0 Å². The Morgan fingerprint density at radius 3 is 3.00 bits per heavy atom. The molecule has 3 aromatic heterocycles. The van der Waals surface area contributed by atoms with Crippen LogP contribution >= 0.6 is 22.9 Å². The Hall–Kier alpha value is -1.46. The zero-order chi connectivity index (χ0) is 11.7. The van der Waals surface area contributed by atoms with Gasteiger partial charge in [0.05, 0.1) is 12.4 Å². The van der Waals surface area contributed by atoms with Gasteiger partial charge in [0, 0.05) is 17.8 Å². The second kappa shape index (κ2) is 4.43. The highest BCUT2D eigenvalue weighted by Gasteiger charge is 2.11. The summed E-state index contributed by atoms with van der Waals surface area (Å²) in [5.74, 6) is 1.21. The van der Waals surface area contributed by atoms with Gasteiger partial charge in [-0.2, -0.15) is 0 Å². The van der Waals surface area contributed by atoms with E-state index in [1.807, 2.05) is 22.1 Å². The fraction of sp³-hybridized carbons (Fsp3) is 0.182. The Morgan fingerprint density at radius 2 is 2.24 bits per heavy atom. The number of fused-ring (bicyclic) bond motifs is 1. The van der Waals surface area contributed by atoms with Crippen LogP contribution in [0.2, 0.25) is 0 Å². The molecule has 3 aromatic rings. The van der Waals surface area contributed by atoms with Crippen LogP contribution < -0.4 is 0 Å². The van der Waals surface area contributed by atoms with Crippen molar-refractivity contribution < 1.29 is 0 Å². The van der Waals surface area contributed by atoms with Crippen LogP contribution in [-0.4, -0.2) is 19.5 Å². The molecule has 0 aliphatic heterocycles. The van der Waals surface area contributed by atoms with E-state index in [9.17, 15) is 0 Å². The Kier molecular flexibility index (Phi) is 2.78. The standard InChI is InChI=1S/C11H9ClN4S/c12-6-9-15-8-2-1-3-14-11(8)16(9)7-10-13-4-5-17-10/h1-5H,6-7H2. The van der Waals surface area contributed by atoms with E-state index in [2.05, 4.69) is 15.0 Å². The maximum absolute atomic E-state index is 5.92. The molecule has 0 aromatic carbocycles. The highest BCUT2D eigenvalue weighted by atomic mass is 35.5. The Morgan fingerprint density at radius 1 is 1.29 bits per heavy atom. The summed E-state index contributed by atoms with van der Waals surface area (Å²) in [5.41, 5.74) is 1.73. The zero-order valence-electron chi connectivity index (χ0n) is 8.88. The predicted molar refractivity (Wildman–Crippen MR) is 68.3 cm³/mol. The van der Waals surface area contributed by atoms with Crippen molar-refractivity contribution in [1.82, 2.24) is 19.5 Å². The maximum Gasteiger partial charge on any atom is 0.160 e. The molecule has 0 bridgehead atoms. The molecule has 17 heavy (non-hydrogen) atoms. The third kappa shape index (κ3) is 1.92. The number of imidazole rings is 1. The van der Waals surface area contributed by atoms with Crippen LogP contribution in [0.1, 0.15) is 10.8 Å². The maximum atomic E-state index is 5.92. The fourth-order valence-corrected chi connectivity index (χ4v) is 2.55. The second-order valence-electron chi connectivity index (χ2n) is 3.52. The molecule has 86 valence electrons. The van der Waals surface area contributed by atoms with Crippen LogP contribution in [0.15, 0.2) is 29.9 Å². The van der Waals surface area contributed by atoms with Gasteiger partial charge in [0.15, 0.2) is 5.65 Å². The van der Waals surface area contributed by atoms with Crippen molar-refractivity contribution in [2.75, 3.05) is 0 Å². The van der Waals surface area contributed by atoms with Gasteiger partial charge in [-0.15, -0.1) is 22.9 Å². The summed E-state index contributed by atoms with van der Waals surface area (Å²) < 4.78 is 2.02. The molecule has 0 spiro atoms. The van der Waals surface area contributed by atoms with Crippen LogP contribution in [0, 0.1) is 0 Å². The first-order chi connectivity index (χ1) is 8.38. The van der Waals surface area contributed by atoms with Gasteiger partial charge in [-0.05, 0) is 12.1 Å². The zero-order valence-corrected chi connectivity index (χ0v) is 10.4. The molecule has 3 rings (SSSR count). The first-order valence-corrected chi connectivity index (χ1v) is 6.54. The average molecular weight is 265 g/mol. The number of alkyl halides is 1. The molecule has 6 heteroatoms. The van der Waals surface area contributed by atoms with Crippen LogP contribution in [0.3, 0.4) is 0 Å². The van der Waals surface area contributed by atoms with E-state index in [0.29, 0.717) is 12.4 Å². The highest BCUT2D eigenvalue weighted by Crippen LogP contribution is 2.17. The summed E-state index contributed by atoms with van der Waals surface area (Å²) in [5, 5.41) is 2.99. The third-order valence-corrected chi connectivity index (χ3v) is 3.48. The predicted octanol–water partition coefficient (Wildman–Crippen LogP) is 2.67. The normalized spacial score (nSPS) is 11.1. The van der Waals surface area contributed by atoms with E-state index in [1.54, 1.807) is 23.7 Å². The number of aromatic nitrogens is 4. The number of hydrogen-bond acceptors (Lipinski definition) is 4. The number of rotatable bonds is 3. The number of hydrogen-bond donors (Lipinski definition) is 0. The Bertz CT molecular complexity index is 632. The molecular formula is C11H9ClN4S. The minimum atomic E-state index is 0.377. The largest absolute Gasteiger partial charge is 0.305 e. The minimum absolute atomic E-state index is 0.377. The van der Waals surface area contributed by atoms with E-state index in [-0.39, 0.29) is 0 Å². The monoisotopic (exact) mass is 264 g/mol. The third-order valence-electron chi connectivity index (χ3n) is 2.48. The van der Waals surface area contributed by atoms with Gasteiger partial charge in [-0.1, -0.05) is 0 Å². The molecule has 4 nitrogen and oxygen atoms in total. The second-order valence-corrected chi connectivity index (χ2v) is 4.77. The van der Waals surface area contributed by atoms with Crippen molar-refractivity contribution in [2.45, 2.75) is 12.4 Å². The van der Waals surface area contributed by atoms with E-state index in [1.165, 1.54) is 0 Å². The number of thiazole rings is 1. The Balaban J connectivity index is 2.12. The van der Waals surface area contributed by atoms with Crippen molar-refractivity contribution in [3.8, 4) is 0 Å². The molecule has 0 atom stereocenters. The summed E-state index contributed by atoms with van der Waals surface area (Å²) in [6, 6.07) is 3.82. The first-order valence-electron chi connectivity index (χ1n) is 5.13. The van der Waals surface area contributed by atoms with Gasteiger partial charge < -0.3 is 4.57 Å². The molecule has 0 saturated carbocycles. The van der Waals surface area contributed by atoms with Crippen LogP contribution in [-0.2, 0) is 12.4 Å². The summed E-state index contributed by atoms with van der Waals surface area (Å²) >= 11 is 7.53. The molecule has 0 radical (unpaired) electrons. The summed E-state index contributed by atoms with van der Waals surface area (Å²) in [4.78, 5) is 13.1. The lowest BCUT2D eigenvalue weighted by molar-refractivity contribution is 0.765. The lowest BCUT2D eigenvalue weighted by atomic mass is 10.4. The lowest BCUT2D eigenvalue weighted by Gasteiger charge is -2.03. The minimum Gasteiger partial charge on any atom is -0.305 e. The number of pyridine rings is 1. The van der Waals surface area contributed by atoms with E-state index in [4.69, 9.17) is 11.6 Å². The lowest BCUT2D eigenvalue weighted by Crippen LogP contribution is -2.04. The van der Waals surface area contributed by atoms with E-state index < -0.39 is 0 Å². The molecule has 0 fully saturated rings.